The van der Waals surface area contributed by atoms with Crippen molar-refractivity contribution in [3.8, 4) is 5.75 Å². The molecule has 0 aliphatic heterocycles. The van der Waals surface area contributed by atoms with Crippen molar-refractivity contribution in [1.29, 1.82) is 0 Å². The summed E-state index contributed by atoms with van der Waals surface area (Å²) in [5, 5.41) is 6.87. The maximum atomic E-state index is 12.0. The maximum absolute atomic E-state index is 12.0. The molecule has 106 valence electrons. The van der Waals surface area contributed by atoms with E-state index < -0.39 is 28.9 Å². The predicted octanol–water partition coefficient (Wildman–Crippen LogP) is 0.338. The molecule has 1 aromatic rings. The molecule has 19 heavy (non-hydrogen) atoms. The van der Waals surface area contributed by atoms with E-state index in [9.17, 15) is 22.0 Å². The van der Waals surface area contributed by atoms with Crippen molar-refractivity contribution < 1.29 is 26.7 Å². The number of halogens is 2. The summed E-state index contributed by atoms with van der Waals surface area (Å²) in [6.07, 6.45) is -2.71. The molecule has 0 atom stereocenters. The van der Waals surface area contributed by atoms with Gasteiger partial charge in [0.15, 0.2) is 0 Å². The average Bonchev–Trinajstić information content (AvgIpc) is 2.33. The van der Waals surface area contributed by atoms with Crippen molar-refractivity contribution in [3.05, 3.63) is 23.8 Å². The number of hydrogen-bond donors (Lipinski definition) is 2. The number of methoxy groups -OCH3 is 1. The number of nitrogens with one attached hydrogen (secondary N) is 1. The number of rotatable bonds is 5. The number of alkyl halides is 2. The number of ether oxygens (including phenoxy) is 1. The molecule has 0 bridgehead atoms. The van der Waals surface area contributed by atoms with Gasteiger partial charge in [0.2, 0.25) is 10.0 Å². The van der Waals surface area contributed by atoms with Gasteiger partial charge in [-0.1, -0.05) is 0 Å². The molecule has 0 fully saturated rings. The van der Waals surface area contributed by atoms with Crippen molar-refractivity contribution in [2.75, 3.05) is 13.7 Å². The van der Waals surface area contributed by atoms with Gasteiger partial charge in [0.05, 0.1) is 24.1 Å². The van der Waals surface area contributed by atoms with Crippen molar-refractivity contribution in [2.45, 2.75) is 11.3 Å². The Kier molecular flexibility index (Phi) is 4.78. The summed E-state index contributed by atoms with van der Waals surface area (Å²) in [4.78, 5) is 11.3. The van der Waals surface area contributed by atoms with E-state index in [1.165, 1.54) is 13.2 Å². The normalized spacial score (nSPS) is 11.4. The zero-order valence-corrected chi connectivity index (χ0v) is 10.7. The summed E-state index contributed by atoms with van der Waals surface area (Å²) in [6, 6.07) is 3.34. The van der Waals surface area contributed by atoms with Gasteiger partial charge in [-0.15, -0.1) is 0 Å². The smallest absolute Gasteiger partial charge is 0.255 e. The van der Waals surface area contributed by atoms with Crippen LogP contribution in [0.5, 0.6) is 5.75 Å². The molecule has 0 aliphatic carbocycles. The van der Waals surface area contributed by atoms with Gasteiger partial charge in [0.25, 0.3) is 12.3 Å². The minimum atomic E-state index is -4.00. The zero-order chi connectivity index (χ0) is 14.6. The fraction of sp³-hybridized carbons (Fsp3) is 0.300. The average molecular weight is 294 g/mol. The molecule has 0 saturated carbocycles. The molecule has 0 radical (unpaired) electrons. The molecule has 1 amide bonds. The Hall–Kier alpha value is -1.74. The van der Waals surface area contributed by atoms with E-state index in [0.717, 1.165) is 12.1 Å². The van der Waals surface area contributed by atoms with Crippen molar-refractivity contribution in [3.63, 3.8) is 0 Å². The van der Waals surface area contributed by atoms with Crippen molar-refractivity contribution in [2.24, 2.45) is 5.14 Å². The summed E-state index contributed by atoms with van der Waals surface area (Å²) in [6.45, 7) is -0.846. The highest BCUT2D eigenvalue weighted by molar-refractivity contribution is 7.89. The first-order chi connectivity index (χ1) is 8.75. The molecule has 0 unspecified atom stereocenters. The number of carbonyl (C=O) groups excluding carboxylic acids is 1. The van der Waals surface area contributed by atoms with Crippen LogP contribution in [0, 0.1) is 0 Å². The maximum Gasteiger partial charge on any atom is 0.255 e. The largest absolute Gasteiger partial charge is 0.496 e. The van der Waals surface area contributed by atoms with Gasteiger partial charge in [0, 0.05) is 0 Å². The van der Waals surface area contributed by atoms with E-state index in [-0.39, 0.29) is 16.2 Å². The number of amides is 1. The zero-order valence-electron chi connectivity index (χ0n) is 9.89. The van der Waals surface area contributed by atoms with Crippen LogP contribution in [0.15, 0.2) is 23.1 Å². The lowest BCUT2D eigenvalue weighted by Gasteiger charge is -2.10. The molecule has 0 aliphatic rings. The van der Waals surface area contributed by atoms with Crippen LogP contribution in [0.25, 0.3) is 0 Å². The van der Waals surface area contributed by atoms with Crippen molar-refractivity contribution >= 4 is 15.9 Å². The second kappa shape index (κ2) is 5.93. The highest BCUT2D eigenvalue weighted by Gasteiger charge is 2.18. The van der Waals surface area contributed by atoms with E-state index >= 15 is 0 Å². The first-order valence-corrected chi connectivity index (χ1v) is 6.57. The number of sulfonamides is 1. The van der Waals surface area contributed by atoms with Crippen LogP contribution in [0.1, 0.15) is 10.4 Å². The Balaban J connectivity index is 3.13. The highest BCUT2D eigenvalue weighted by Crippen LogP contribution is 2.21. The number of primary sulfonamides is 1. The van der Waals surface area contributed by atoms with Gasteiger partial charge in [-0.3, -0.25) is 4.79 Å². The Morgan fingerprint density at radius 2 is 2.11 bits per heavy atom. The lowest BCUT2D eigenvalue weighted by Crippen LogP contribution is -2.29. The fourth-order valence-corrected chi connectivity index (χ4v) is 1.85. The molecular formula is C10H12F2N2O4S. The van der Waals surface area contributed by atoms with Gasteiger partial charge in [-0.2, -0.15) is 0 Å². The third kappa shape index (κ3) is 4.14. The lowest BCUT2D eigenvalue weighted by molar-refractivity contribution is 0.0888. The van der Waals surface area contributed by atoms with Crippen LogP contribution < -0.4 is 15.2 Å². The molecule has 0 aromatic heterocycles. The molecule has 3 N–H and O–H groups in total. The van der Waals surface area contributed by atoms with Gasteiger partial charge in [0.1, 0.15) is 5.75 Å². The monoisotopic (exact) mass is 294 g/mol. The van der Waals surface area contributed by atoms with Gasteiger partial charge in [-0.25, -0.2) is 22.3 Å². The van der Waals surface area contributed by atoms with Crippen LogP contribution in [0.2, 0.25) is 0 Å². The highest BCUT2D eigenvalue weighted by atomic mass is 32.2. The van der Waals surface area contributed by atoms with Crippen molar-refractivity contribution in [1.82, 2.24) is 5.32 Å². The number of hydrogen-bond acceptors (Lipinski definition) is 4. The van der Waals surface area contributed by atoms with E-state index in [0.29, 0.717) is 0 Å². The van der Waals surface area contributed by atoms with Gasteiger partial charge < -0.3 is 10.1 Å². The second-order valence-electron chi connectivity index (χ2n) is 3.51. The summed E-state index contributed by atoms with van der Waals surface area (Å²) in [7, 11) is -2.74. The van der Waals surface area contributed by atoms with Gasteiger partial charge >= 0.3 is 0 Å². The molecule has 0 saturated heterocycles. The molecule has 9 heteroatoms. The van der Waals surface area contributed by atoms with Crippen LogP contribution in [-0.4, -0.2) is 34.4 Å². The van der Waals surface area contributed by atoms with Crippen LogP contribution in [0.3, 0.4) is 0 Å². The third-order valence-corrected chi connectivity index (χ3v) is 3.07. The first kappa shape index (κ1) is 15.3. The summed E-state index contributed by atoms with van der Waals surface area (Å²) in [5.74, 6) is -0.818. The number of benzene rings is 1. The third-order valence-electron chi connectivity index (χ3n) is 2.16. The number of nitrogens with two attached hydrogens (primary N) is 1. The van der Waals surface area contributed by atoms with E-state index in [1.807, 2.05) is 5.32 Å². The van der Waals surface area contributed by atoms with Crippen LogP contribution >= 0.6 is 0 Å². The quantitative estimate of drug-likeness (QED) is 0.818. The standard InChI is InChI=1S/C10H12F2N2O4S/c1-18-8-3-2-6(19(13,16)17)4-7(8)10(15)14-5-9(11)12/h2-4,9H,5H2,1H3,(H,14,15)(H2,13,16,17). The molecule has 0 heterocycles. The molecule has 1 aromatic carbocycles. The van der Waals surface area contributed by atoms with Crippen LogP contribution in [0.4, 0.5) is 8.78 Å². The SMILES string of the molecule is COc1ccc(S(N)(=O)=O)cc1C(=O)NCC(F)F. The molecule has 0 spiro atoms. The van der Waals surface area contributed by atoms with Crippen LogP contribution in [-0.2, 0) is 10.0 Å². The first-order valence-electron chi connectivity index (χ1n) is 5.03. The Morgan fingerprint density at radius 1 is 1.47 bits per heavy atom. The van der Waals surface area contributed by atoms with Gasteiger partial charge in [-0.05, 0) is 18.2 Å². The predicted molar refractivity (Wildman–Crippen MR) is 62.7 cm³/mol. The minimum absolute atomic E-state index is 0.0548. The molecule has 1 rings (SSSR count). The molecule has 6 nitrogen and oxygen atoms in total. The van der Waals surface area contributed by atoms with E-state index in [2.05, 4.69) is 0 Å². The minimum Gasteiger partial charge on any atom is -0.496 e. The Morgan fingerprint density at radius 3 is 2.58 bits per heavy atom. The summed E-state index contributed by atoms with van der Waals surface area (Å²) >= 11 is 0. The van der Waals surface area contributed by atoms with E-state index in [1.54, 1.807) is 0 Å². The van der Waals surface area contributed by atoms with E-state index in [4.69, 9.17) is 9.88 Å². The summed E-state index contributed by atoms with van der Waals surface area (Å²) in [5.41, 5.74) is -0.185. The topological polar surface area (TPSA) is 98.5 Å². The Bertz CT molecular complexity index is 575. The second-order valence-corrected chi connectivity index (χ2v) is 5.07. The summed E-state index contributed by atoms with van der Waals surface area (Å²) < 4.78 is 51.2. The number of carbonyl (C=O) groups is 1. The molecular weight excluding hydrogens is 282 g/mol. The fourth-order valence-electron chi connectivity index (χ4n) is 1.31. The Labute approximate surface area is 108 Å². The lowest BCUT2D eigenvalue weighted by atomic mass is 10.2.